The van der Waals surface area contributed by atoms with Crippen LogP contribution < -0.4 is 5.73 Å². The molecule has 3 heteroatoms. The fraction of sp³-hybridized carbons (Fsp3) is 0.929. The van der Waals surface area contributed by atoms with Crippen LogP contribution in [0.2, 0.25) is 0 Å². The number of hydrogen-bond acceptors (Lipinski definition) is 3. The third-order valence-corrected chi connectivity index (χ3v) is 4.41. The monoisotopic (exact) mass is 241 g/mol. The number of carbonyl (C=O) groups excluding carboxylic acids is 1. The lowest BCUT2D eigenvalue weighted by Crippen LogP contribution is -2.53. The second-order valence-corrected chi connectivity index (χ2v) is 6.55. The summed E-state index contributed by atoms with van der Waals surface area (Å²) in [6.45, 7) is 9.64. The number of ether oxygens (including phenoxy) is 1. The van der Waals surface area contributed by atoms with Crippen LogP contribution in [0.1, 0.15) is 60.3 Å². The number of carbonyl (C=O) groups is 1. The van der Waals surface area contributed by atoms with Crippen molar-refractivity contribution in [3.05, 3.63) is 0 Å². The molecular formula is C14H27NO2. The van der Waals surface area contributed by atoms with E-state index < -0.39 is 11.0 Å². The molecule has 0 saturated heterocycles. The first kappa shape index (κ1) is 14.5. The Labute approximate surface area is 105 Å². The molecule has 0 spiro atoms. The zero-order valence-corrected chi connectivity index (χ0v) is 11.9. The molecule has 0 aromatic heterocycles. The molecule has 0 heterocycles. The zero-order valence-electron chi connectivity index (χ0n) is 11.9. The highest BCUT2D eigenvalue weighted by molar-refractivity contribution is 5.77. The molecule has 0 aliphatic heterocycles. The van der Waals surface area contributed by atoms with Crippen LogP contribution in [0.5, 0.6) is 0 Å². The van der Waals surface area contributed by atoms with Crippen molar-refractivity contribution in [2.45, 2.75) is 71.9 Å². The minimum atomic E-state index is -0.649. The van der Waals surface area contributed by atoms with Crippen LogP contribution in [-0.2, 0) is 9.53 Å². The van der Waals surface area contributed by atoms with Crippen molar-refractivity contribution in [1.82, 2.24) is 0 Å². The fourth-order valence-electron chi connectivity index (χ4n) is 2.01. The van der Waals surface area contributed by atoms with Gasteiger partial charge in [0.25, 0.3) is 0 Å². The molecule has 1 aliphatic rings. The maximum Gasteiger partial charge on any atom is 0.313 e. The highest BCUT2D eigenvalue weighted by Gasteiger charge is 2.43. The van der Waals surface area contributed by atoms with Crippen molar-refractivity contribution in [3.63, 3.8) is 0 Å². The van der Waals surface area contributed by atoms with Crippen molar-refractivity contribution >= 4 is 5.97 Å². The Bertz CT molecular complexity index is 278. The summed E-state index contributed by atoms with van der Waals surface area (Å²) in [7, 11) is 0. The molecule has 0 aromatic rings. The minimum absolute atomic E-state index is 0.0814. The molecule has 0 radical (unpaired) electrons. The molecule has 17 heavy (non-hydrogen) atoms. The SMILES string of the molecule is CC1CCCCC1OC(=O)C(C)(C)C(C)(C)N. The molecule has 2 unspecified atom stereocenters. The van der Waals surface area contributed by atoms with Crippen LogP contribution >= 0.6 is 0 Å². The van der Waals surface area contributed by atoms with Gasteiger partial charge in [-0.1, -0.05) is 13.3 Å². The predicted molar refractivity (Wildman–Crippen MR) is 69.6 cm³/mol. The number of esters is 1. The van der Waals surface area contributed by atoms with Crippen molar-refractivity contribution in [1.29, 1.82) is 0 Å². The smallest absolute Gasteiger partial charge is 0.313 e. The van der Waals surface area contributed by atoms with Gasteiger partial charge in [0.15, 0.2) is 0 Å². The summed E-state index contributed by atoms with van der Waals surface area (Å²) in [5.41, 5.74) is 4.84. The van der Waals surface area contributed by atoms with E-state index in [0.717, 1.165) is 19.3 Å². The number of nitrogens with two attached hydrogens (primary N) is 1. The molecule has 100 valence electrons. The largest absolute Gasteiger partial charge is 0.462 e. The molecule has 0 aromatic carbocycles. The quantitative estimate of drug-likeness (QED) is 0.773. The van der Waals surface area contributed by atoms with Crippen molar-refractivity contribution in [2.75, 3.05) is 0 Å². The van der Waals surface area contributed by atoms with Gasteiger partial charge in [0.1, 0.15) is 6.10 Å². The number of hydrogen-bond donors (Lipinski definition) is 1. The molecule has 2 N–H and O–H groups in total. The third kappa shape index (κ3) is 3.21. The maximum atomic E-state index is 12.2. The highest BCUT2D eigenvalue weighted by atomic mass is 16.5. The van der Waals surface area contributed by atoms with Crippen LogP contribution in [0, 0.1) is 11.3 Å². The van der Waals surface area contributed by atoms with Gasteiger partial charge in [-0.3, -0.25) is 4.79 Å². The van der Waals surface area contributed by atoms with Crippen molar-refractivity contribution in [3.8, 4) is 0 Å². The Hall–Kier alpha value is -0.570. The van der Waals surface area contributed by atoms with Gasteiger partial charge in [0.2, 0.25) is 0 Å². The van der Waals surface area contributed by atoms with Crippen LogP contribution in [0.15, 0.2) is 0 Å². The van der Waals surface area contributed by atoms with Gasteiger partial charge < -0.3 is 10.5 Å². The molecule has 0 amide bonds. The van der Waals surface area contributed by atoms with Gasteiger partial charge >= 0.3 is 5.97 Å². The molecule has 3 nitrogen and oxygen atoms in total. The van der Waals surface area contributed by atoms with Crippen LogP contribution in [0.3, 0.4) is 0 Å². The van der Waals surface area contributed by atoms with Gasteiger partial charge in [-0.15, -0.1) is 0 Å². The van der Waals surface area contributed by atoms with E-state index in [1.54, 1.807) is 0 Å². The standard InChI is InChI=1S/C14H27NO2/c1-10-8-6-7-9-11(10)17-12(16)13(2,3)14(4,5)15/h10-11H,6-9,15H2,1-5H3. The van der Waals surface area contributed by atoms with Crippen LogP contribution in [-0.4, -0.2) is 17.6 Å². The average Bonchev–Trinajstić information content (AvgIpc) is 2.19. The first-order valence-corrected chi connectivity index (χ1v) is 6.66. The molecule has 1 rings (SSSR count). The van der Waals surface area contributed by atoms with Crippen molar-refractivity contribution < 1.29 is 9.53 Å². The fourth-order valence-corrected chi connectivity index (χ4v) is 2.01. The van der Waals surface area contributed by atoms with Crippen molar-refractivity contribution in [2.24, 2.45) is 17.1 Å². The Morgan fingerprint density at radius 1 is 1.18 bits per heavy atom. The van der Waals surface area contributed by atoms with E-state index in [-0.39, 0.29) is 12.1 Å². The molecule has 0 bridgehead atoms. The van der Waals surface area contributed by atoms with Crippen LogP contribution in [0.25, 0.3) is 0 Å². The molecule has 2 atom stereocenters. The molecule has 1 saturated carbocycles. The Morgan fingerprint density at radius 2 is 1.71 bits per heavy atom. The lowest BCUT2D eigenvalue weighted by Gasteiger charge is -2.38. The molecular weight excluding hydrogens is 214 g/mol. The van der Waals surface area contributed by atoms with Crippen LogP contribution in [0.4, 0.5) is 0 Å². The van der Waals surface area contributed by atoms with E-state index in [2.05, 4.69) is 6.92 Å². The Kier molecular flexibility index (Phi) is 4.23. The average molecular weight is 241 g/mol. The Balaban J connectivity index is 2.65. The zero-order chi connectivity index (χ0) is 13.3. The summed E-state index contributed by atoms with van der Waals surface area (Å²) in [6.07, 6.45) is 4.64. The van der Waals surface area contributed by atoms with E-state index in [0.29, 0.717) is 5.92 Å². The first-order chi connectivity index (χ1) is 7.66. The van der Waals surface area contributed by atoms with E-state index in [4.69, 9.17) is 10.5 Å². The summed E-state index contributed by atoms with van der Waals surface area (Å²) in [6, 6.07) is 0. The van der Waals surface area contributed by atoms with Gasteiger partial charge in [0.05, 0.1) is 5.41 Å². The topological polar surface area (TPSA) is 52.3 Å². The summed E-state index contributed by atoms with van der Waals surface area (Å²) in [4.78, 5) is 12.2. The van der Waals surface area contributed by atoms with Gasteiger partial charge in [-0.25, -0.2) is 0 Å². The lowest BCUT2D eigenvalue weighted by molar-refractivity contribution is -0.167. The minimum Gasteiger partial charge on any atom is -0.462 e. The number of rotatable bonds is 3. The summed E-state index contributed by atoms with van der Waals surface area (Å²) >= 11 is 0. The highest BCUT2D eigenvalue weighted by Crippen LogP contribution is 2.33. The second kappa shape index (κ2) is 4.97. The first-order valence-electron chi connectivity index (χ1n) is 6.66. The maximum absolute atomic E-state index is 12.2. The lowest BCUT2D eigenvalue weighted by atomic mass is 9.75. The normalized spacial score (nSPS) is 26.7. The summed E-state index contributed by atoms with van der Waals surface area (Å²) in [5.74, 6) is 0.313. The Morgan fingerprint density at radius 3 is 2.18 bits per heavy atom. The van der Waals surface area contributed by atoms with E-state index >= 15 is 0 Å². The third-order valence-electron chi connectivity index (χ3n) is 4.41. The van der Waals surface area contributed by atoms with E-state index in [9.17, 15) is 4.79 Å². The van der Waals surface area contributed by atoms with Gasteiger partial charge in [-0.05, 0) is 52.9 Å². The van der Waals surface area contributed by atoms with Gasteiger partial charge in [0, 0.05) is 5.54 Å². The van der Waals surface area contributed by atoms with E-state index in [1.807, 2.05) is 27.7 Å². The molecule has 1 aliphatic carbocycles. The summed E-state index contributed by atoms with van der Waals surface area (Å²) < 4.78 is 5.68. The predicted octanol–water partition coefficient (Wildman–Crippen LogP) is 2.87. The molecule has 1 fully saturated rings. The van der Waals surface area contributed by atoms with Gasteiger partial charge in [-0.2, -0.15) is 0 Å². The summed E-state index contributed by atoms with van der Waals surface area (Å²) in [5, 5.41) is 0. The van der Waals surface area contributed by atoms with E-state index in [1.165, 1.54) is 6.42 Å². The second-order valence-electron chi connectivity index (χ2n) is 6.55.